The molecule has 0 saturated carbocycles. The van der Waals surface area contributed by atoms with Crippen molar-refractivity contribution in [1.82, 2.24) is 10.2 Å². The van der Waals surface area contributed by atoms with Gasteiger partial charge in [0.15, 0.2) is 0 Å². The van der Waals surface area contributed by atoms with E-state index in [0.29, 0.717) is 24.4 Å². The minimum Gasteiger partial charge on any atom is -0.340 e. The molecule has 1 aliphatic heterocycles. The van der Waals surface area contributed by atoms with Gasteiger partial charge in [0.1, 0.15) is 0 Å². The first-order chi connectivity index (χ1) is 8.15. The fourth-order valence-corrected chi connectivity index (χ4v) is 2.57. The number of hydrogen-bond acceptors (Lipinski definition) is 2. The summed E-state index contributed by atoms with van der Waals surface area (Å²) in [7, 11) is 0. The number of carbonyl (C=O) groups excluding carboxylic acids is 1. The van der Waals surface area contributed by atoms with E-state index in [1.807, 2.05) is 0 Å². The summed E-state index contributed by atoms with van der Waals surface area (Å²) in [6, 6.07) is 0.982. The molecule has 1 atom stereocenters. The third-order valence-electron chi connectivity index (χ3n) is 3.46. The Balaban J connectivity index is 2.36. The van der Waals surface area contributed by atoms with Crippen LogP contribution < -0.4 is 5.32 Å². The van der Waals surface area contributed by atoms with Gasteiger partial charge in [0.25, 0.3) is 0 Å². The van der Waals surface area contributed by atoms with Gasteiger partial charge in [0.05, 0.1) is 0 Å². The van der Waals surface area contributed by atoms with E-state index in [4.69, 9.17) is 0 Å². The number of rotatable bonds is 6. The van der Waals surface area contributed by atoms with Crippen LogP contribution in [0.5, 0.6) is 0 Å². The molecule has 0 aromatic heterocycles. The summed E-state index contributed by atoms with van der Waals surface area (Å²) in [5, 5.41) is 3.31. The Morgan fingerprint density at radius 3 is 2.82 bits per heavy atom. The van der Waals surface area contributed by atoms with Crippen LogP contribution in [-0.4, -0.2) is 36.0 Å². The lowest BCUT2D eigenvalue weighted by atomic mass is 9.98. The van der Waals surface area contributed by atoms with Gasteiger partial charge in [0.2, 0.25) is 5.91 Å². The number of nitrogens with one attached hydrogen (secondary N) is 1. The summed E-state index contributed by atoms with van der Waals surface area (Å²) in [6.07, 6.45) is 6.68. The number of piperidine rings is 1. The number of amides is 1. The van der Waals surface area contributed by atoms with Crippen LogP contribution in [0.4, 0.5) is 0 Å². The number of likely N-dealkylation sites (tertiary alicyclic amines) is 1. The minimum atomic E-state index is 0.344. The van der Waals surface area contributed by atoms with Gasteiger partial charge in [-0.25, -0.2) is 0 Å². The normalized spacial score (nSPS) is 20.9. The summed E-state index contributed by atoms with van der Waals surface area (Å²) in [5.74, 6) is 0.344. The Bertz CT molecular complexity index is 226. The molecule has 0 spiro atoms. The average molecular weight is 240 g/mol. The maximum Gasteiger partial charge on any atom is 0.224 e. The molecule has 0 aliphatic carbocycles. The van der Waals surface area contributed by atoms with Crippen molar-refractivity contribution in [2.24, 2.45) is 0 Å². The van der Waals surface area contributed by atoms with E-state index in [9.17, 15) is 4.79 Å². The second-order valence-electron chi connectivity index (χ2n) is 5.38. The van der Waals surface area contributed by atoms with E-state index in [1.165, 1.54) is 32.1 Å². The first-order valence-electron chi connectivity index (χ1n) is 7.18. The van der Waals surface area contributed by atoms with E-state index < -0.39 is 0 Å². The predicted octanol–water partition coefficient (Wildman–Crippen LogP) is 2.56. The molecule has 100 valence electrons. The van der Waals surface area contributed by atoms with Gasteiger partial charge >= 0.3 is 0 Å². The molecule has 0 aromatic carbocycles. The van der Waals surface area contributed by atoms with Crippen LogP contribution in [0.15, 0.2) is 0 Å². The predicted molar refractivity (Wildman–Crippen MR) is 72.0 cm³/mol. The highest BCUT2D eigenvalue weighted by Gasteiger charge is 2.25. The third kappa shape index (κ3) is 5.07. The minimum absolute atomic E-state index is 0.344. The third-order valence-corrected chi connectivity index (χ3v) is 3.46. The molecule has 0 radical (unpaired) electrons. The zero-order chi connectivity index (χ0) is 12.7. The number of hydrogen-bond donors (Lipinski definition) is 1. The Morgan fingerprint density at radius 1 is 1.41 bits per heavy atom. The second kappa shape index (κ2) is 7.70. The summed E-state index contributed by atoms with van der Waals surface area (Å²) >= 11 is 0. The highest BCUT2D eigenvalue weighted by molar-refractivity contribution is 5.76. The molecule has 1 fully saturated rings. The molecule has 17 heavy (non-hydrogen) atoms. The Morgan fingerprint density at radius 2 is 2.18 bits per heavy atom. The van der Waals surface area contributed by atoms with Crippen molar-refractivity contribution >= 4 is 5.91 Å². The first kappa shape index (κ1) is 14.5. The summed E-state index contributed by atoms with van der Waals surface area (Å²) in [5.41, 5.74) is 0. The van der Waals surface area contributed by atoms with Crippen molar-refractivity contribution in [3.8, 4) is 0 Å². The average Bonchev–Trinajstić information content (AvgIpc) is 2.29. The van der Waals surface area contributed by atoms with Crippen molar-refractivity contribution in [3.63, 3.8) is 0 Å². The molecule has 1 heterocycles. The molecule has 0 aromatic rings. The second-order valence-corrected chi connectivity index (χ2v) is 5.38. The van der Waals surface area contributed by atoms with E-state index in [1.54, 1.807) is 0 Å². The van der Waals surface area contributed by atoms with Gasteiger partial charge in [-0.1, -0.05) is 27.2 Å². The maximum absolute atomic E-state index is 12.2. The molecule has 3 nitrogen and oxygen atoms in total. The van der Waals surface area contributed by atoms with Crippen LogP contribution in [-0.2, 0) is 4.79 Å². The fraction of sp³-hybridized carbons (Fsp3) is 0.929. The molecule has 1 amide bonds. The van der Waals surface area contributed by atoms with Crippen molar-refractivity contribution in [2.75, 3.05) is 13.1 Å². The molecule has 1 unspecified atom stereocenters. The van der Waals surface area contributed by atoms with Crippen LogP contribution in [0.3, 0.4) is 0 Å². The van der Waals surface area contributed by atoms with Crippen molar-refractivity contribution in [1.29, 1.82) is 0 Å². The zero-order valence-electron chi connectivity index (χ0n) is 11.7. The van der Waals surface area contributed by atoms with Gasteiger partial charge in [-0.2, -0.15) is 0 Å². The van der Waals surface area contributed by atoms with Crippen molar-refractivity contribution in [3.05, 3.63) is 0 Å². The largest absolute Gasteiger partial charge is 0.340 e. The van der Waals surface area contributed by atoms with Crippen LogP contribution in [0.1, 0.15) is 59.3 Å². The molecular formula is C14H28N2O. The van der Waals surface area contributed by atoms with E-state index in [0.717, 1.165) is 13.1 Å². The molecule has 1 rings (SSSR count). The standard InChI is InChI=1S/C14H28N2O/c1-4-7-13-8-5-6-11-16(13)14(17)9-10-15-12(2)3/h12-13,15H,4-11H2,1-3H3. The van der Waals surface area contributed by atoms with Gasteiger partial charge < -0.3 is 10.2 Å². The lowest BCUT2D eigenvalue weighted by Gasteiger charge is -2.36. The van der Waals surface area contributed by atoms with Gasteiger partial charge in [0, 0.05) is 31.6 Å². The molecule has 1 aliphatic rings. The van der Waals surface area contributed by atoms with Gasteiger partial charge in [-0.15, -0.1) is 0 Å². The smallest absolute Gasteiger partial charge is 0.224 e. The molecular weight excluding hydrogens is 212 g/mol. The summed E-state index contributed by atoms with van der Waals surface area (Å²) in [4.78, 5) is 14.3. The highest BCUT2D eigenvalue weighted by atomic mass is 16.2. The Hall–Kier alpha value is -0.570. The first-order valence-corrected chi connectivity index (χ1v) is 7.18. The number of carbonyl (C=O) groups is 1. The SMILES string of the molecule is CCCC1CCCCN1C(=O)CCNC(C)C. The highest BCUT2D eigenvalue weighted by Crippen LogP contribution is 2.21. The van der Waals surface area contributed by atoms with E-state index in [-0.39, 0.29) is 0 Å². The van der Waals surface area contributed by atoms with Crippen LogP contribution in [0.2, 0.25) is 0 Å². The Labute approximate surface area is 106 Å². The maximum atomic E-state index is 12.2. The van der Waals surface area contributed by atoms with Gasteiger partial charge in [-0.3, -0.25) is 4.79 Å². The van der Waals surface area contributed by atoms with Gasteiger partial charge in [-0.05, 0) is 25.7 Å². The zero-order valence-corrected chi connectivity index (χ0v) is 11.7. The topological polar surface area (TPSA) is 32.3 Å². The Kier molecular flexibility index (Phi) is 6.56. The molecule has 1 N–H and O–H groups in total. The lowest BCUT2D eigenvalue weighted by molar-refractivity contribution is -0.134. The van der Waals surface area contributed by atoms with E-state index >= 15 is 0 Å². The molecule has 1 saturated heterocycles. The molecule has 0 bridgehead atoms. The van der Waals surface area contributed by atoms with Crippen molar-refractivity contribution in [2.45, 2.75) is 71.4 Å². The van der Waals surface area contributed by atoms with Crippen LogP contribution >= 0.6 is 0 Å². The molecule has 3 heteroatoms. The summed E-state index contributed by atoms with van der Waals surface area (Å²) < 4.78 is 0. The monoisotopic (exact) mass is 240 g/mol. The summed E-state index contributed by atoms with van der Waals surface area (Å²) in [6.45, 7) is 8.23. The number of nitrogens with zero attached hydrogens (tertiary/aromatic N) is 1. The lowest BCUT2D eigenvalue weighted by Crippen LogP contribution is -2.44. The van der Waals surface area contributed by atoms with E-state index in [2.05, 4.69) is 31.0 Å². The fourth-order valence-electron chi connectivity index (χ4n) is 2.57. The van der Waals surface area contributed by atoms with Crippen molar-refractivity contribution < 1.29 is 4.79 Å². The van der Waals surface area contributed by atoms with Crippen LogP contribution in [0, 0.1) is 0 Å². The quantitative estimate of drug-likeness (QED) is 0.774. The van der Waals surface area contributed by atoms with Crippen LogP contribution in [0.25, 0.3) is 0 Å².